The minimum Gasteiger partial charge on any atom is -0.298 e. The third-order valence-electron chi connectivity index (χ3n) is 3.67. The zero-order valence-corrected chi connectivity index (χ0v) is 9.20. The fourth-order valence-corrected chi connectivity index (χ4v) is 2.81. The van der Waals surface area contributed by atoms with Crippen LogP contribution in [0.25, 0.3) is 0 Å². The third-order valence-corrected chi connectivity index (χ3v) is 3.67. The summed E-state index contributed by atoms with van der Waals surface area (Å²) in [7, 11) is 0. The molecule has 2 saturated heterocycles. The first-order valence-electron chi connectivity index (χ1n) is 5.71. The van der Waals surface area contributed by atoms with Gasteiger partial charge in [0.2, 0.25) is 0 Å². The van der Waals surface area contributed by atoms with Crippen LogP contribution in [-0.4, -0.2) is 53.8 Å². The highest BCUT2D eigenvalue weighted by Gasteiger charge is 2.37. The smallest absolute Gasteiger partial charge is 0.148 e. The molecule has 0 bridgehead atoms. The molecule has 0 aliphatic carbocycles. The molecule has 2 atom stereocenters. The standard InChI is InChI=1S/C11H20N2O/c1-3-12-7-10-5-4-6-13(10)8-11(12)9(2)14/h10-11H,3-8H2,1-2H3. The number of rotatable bonds is 2. The SMILES string of the molecule is CCN1CC2CCCN2CC1C(C)=O. The summed E-state index contributed by atoms with van der Waals surface area (Å²) < 4.78 is 0. The highest BCUT2D eigenvalue weighted by Crippen LogP contribution is 2.24. The first-order valence-corrected chi connectivity index (χ1v) is 5.71. The number of carbonyl (C=O) groups is 1. The molecule has 0 N–H and O–H groups in total. The van der Waals surface area contributed by atoms with Crippen LogP contribution < -0.4 is 0 Å². The lowest BCUT2D eigenvalue weighted by atomic mass is 10.0. The van der Waals surface area contributed by atoms with E-state index in [1.807, 2.05) is 0 Å². The maximum atomic E-state index is 11.5. The van der Waals surface area contributed by atoms with Crippen molar-refractivity contribution in [2.45, 2.75) is 38.8 Å². The first kappa shape index (κ1) is 10.1. The lowest BCUT2D eigenvalue weighted by Crippen LogP contribution is -2.58. The van der Waals surface area contributed by atoms with E-state index in [4.69, 9.17) is 0 Å². The predicted octanol–water partition coefficient (Wildman–Crippen LogP) is 0.744. The summed E-state index contributed by atoms with van der Waals surface area (Å²) in [5.41, 5.74) is 0. The second-order valence-electron chi connectivity index (χ2n) is 4.50. The van der Waals surface area contributed by atoms with Gasteiger partial charge >= 0.3 is 0 Å². The fourth-order valence-electron chi connectivity index (χ4n) is 2.81. The van der Waals surface area contributed by atoms with Gasteiger partial charge < -0.3 is 0 Å². The summed E-state index contributed by atoms with van der Waals surface area (Å²) in [5, 5.41) is 0. The Kier molecular flexibility index (Phi) is 2.88. The van der Waals surface area contributed by atoms with Crippen LogP contribution in [0.1, 0.15) is 26.7 Å². The van der Waals surface area contributed by atoms with Gasteiger partial charge in [-0.05, 0) is 32.9 Å². The normalized spacial score (nSPS) is 34.4. The summed E-state index contributed by atoms with van der Waals surface area (Å²) >= 11 is 0. The van der Waals surface area contributed by atoms with E-state index in [2.05, 4.69) is 16.7 Å². The van der Waals surface area contributed by atoms with Gasteiger partial charge in [-0.25, -0.2) is 0 Å². The molecule has 0 amide bonds. The van der Waals surface area contributed by atoms with Crippen molar-refractivity contribution in [3.05, 3.63) is 0 Å². The Bertz CT molecular complexity index is 229. The lowest BCUT2D eigenvalue weighted by molar-refractivity contribution is -0.125. The number of carbonyl (C=O) groups excluding carboxylic acids is 1. The van der Waals surface area contributed by atoms with Gasteiger partial charge in [-0.3, -0.25) is 14.6 Å². The Labute approximate surface area is 86.1 Å². The van der Waals surface area contributed by atoms with Gasteiger partial charge in [-0.15, -0.1) is 0 Å². The molecule has 2 fully saturated rings. The van der Waals surface area contributed by atoms with E-state index in [1.165, 1.54) is 19.4 Å². The van der Waals surface area contributed by atoms with Crippen LogP contribution in [0.15, 0.2) is 0 Å². The summed E-state index contributed by atoms with van der Waals surface area (Å²) in [5.74, 6) is 0.331. The molecule has 2 heterocycles. The minimum atomic E-state index is 0.161. The van der Waals surface area contributed by atoms with E-state index in [-0.39, 0.29) is 6.04 Å². The van der Waals surface area contributed by atoms with Crippen LogP contribution in [0.2, 0.25) is 0 Å². The lowest BCUT2D eigenvalue weighted by Gasteiger charge is -2.42. The number of ketones is 1. The van der Waals surface area contributed by atoms with Crippen LogP contribution in [0.4, 0.5) is 0 Å². The number of hydrogen-bond donors (Lipinski definition) is 0. The topological polar surface area (TPSA) is 23.6 Å². The molecule has 2 aliphatic heterocycles. The van der Waals surface area contributed by atoms with Crippen molar-refractivity contribution in [2.24, 2.45) is 0 Å². The third kappa shape index (κ3) is 1.71. The molecule has 0 aromatic rings. The second kappa shape index (κ2) is 3.99. The van der Waals surface area contributed by atoms with Crippen molar-refractivity contribution in [2.75, 3.05) is 26.2 Å². The van der Waals surface area contributed by atoms with Crippen molar-refractivity contribution < 1.29 is 4.79 Å². The van der Waals surface area contributed by atoms with E-state index < -0.39 is 0 Å². The highest BCUT2D eigenvalue weighted by atomic mass is 16.1. The van der Waals surface area contributed by atoms with Gasteiger partial charge in [0.25, 0.3) is 0 Å². The number of hydrogen-bond acceptors (Lipinski definition) is 3. The van der Waals surface area contributed by atoms with Crippen LogP contribution in [-0.2, 0) is 4.79 Å². The van der Waals surface area contributed by atoms with Crippen LogP contribution in [0.3, 0.4) is 0 Å². The van der Waals surface area contributed by atoms with Crippen molar-refractivity contribution >= 4 is 5.78 Å². The van der Waals surface area contributed by atoms with E-state index in [1.54, 1.807) is 6.92 Å². The molecule has 2 aliphatic rings. The summed E-state index contributed by atoms with van der Waals surface area (Å²) in [6, 6.07) is 0.889. The molecule has 14 heavy (non-hydrogen) atoms. The average molecular weight is 196 g/mol. The maximum Gasteiger partial charge on any atom is 0.148 e. The zero-order valence-electron chi connectivity index (χ0n) is 9.20. The largest absolute Gasteiger partial charge is 0.298 e. The number of piperazine rings is 1. The molecule has 80 valence electrons. The number of fused-ring (bicyclic) bond motifs is 1. The van der Waals surface area contributed by atoms with E-state index in [9.17, 15) is 4.79 Å². The number of nitrogens with zero attached hydrogens (tertiary/aromatic N) is 2. The summed E-state index contributed by atoms with van der Waals surface area (Å²) in [6.45, 7) is 8.15. The van der Waals surface area contributed by atoms with Crippen molar-refractivity contribution in [3.63, 3.8) is 0 Å². The average Bonchev–Trinajstić information content (AvgIpc) is 2.62. The van der Waals surface area contributed by atoms with E-state index in [0.717, 1.165) is 25.7 Å². The Hall–Kier alpha value is -0.410. The monoisotopic (exact) mass is 196 g/mol. The maximum absolute atomic E-state index is 11.5. The van der Waals surface area contributed by atoms with Crippen molar-refractivity contribution in [3.8, 4) is 0 Å². The zero-order chi connectivity index (χ0) is 10.1. The Morgan fingerprint density at radius 1 is 1.43 bits per heavy atom. The molecule has 0 saturated carbocycles. The molecule has 3 nitrogen and oxygen atoms in total. The Balaban J connectivity index is 2.06. The van der Waals surface area contributed by atoms with Gasteiger partial charge in [0.1, 0.15) is 5.78 Å². The number of Topliss-reactive ketones (excluding diaryl/α,β-unsaturated/α-hetero) is 1. The Morgan fingerprint density at radius 2 is 2.21 bits per heavy atom. The molecule has 3 heteroatoms. The summed E-state index contributed by atoms with van der Waals surface area (Å²) in [4.78, 5) is 16.3. The Morgan fingerprint density at radius 3 is 2.86 bits per heavy atom. The number of likely N-dealkylation sites (N-methyl/N-ethyl adjacent to an activating group) is 1. The summed E-state index contributed by atoms with van der Waals surface area (Å²) in [6.07, 6.45) is 2.63. The first-order chi connectivity index (χ1) is 6.72. The molecular weight excluding hydrogens is 176 g/mol. The van der Waals surface area contributed by atoms with Crippen LogP contribution in [0.5, 0.6) is 0 Å². The molecule has 0 spiro atoms. The van der Waals surface area contributed by atoms with Crippen molar-refractivity contribution in [1.29, 1.82) is 0 Å². The molecule has 2 rings (SSSR count). The van der Waals surface area contributed by atoms with Crippen molar-refractivity contribution in [1.82, 2.24) is 9.80 Å². The van der Waals surface area contributed by atoms with Gasteiger partial charge in [0, 0.05) is 19.1 Å². The van der Waals surface area contributed by atoms with Crippen LogP contribution in [0, 0.1) is 0 Å². The quantitative estimate of drug-likeness (QED) is 0.651. The van der Waals surface area contributed by atoms with Gasteiger partial charge in [0.15, 0.2) is 0 Å². The molecular formula is C11H20N2O. The fraction of sp³-hybridized carbons (Fsp3) is 0.909. The molecule has 0 radical (unpaired) electrons. The van der Waals surface area contributed by atoms with E-state index >= 15 is 0 Å². The highest BCUT2D eigenvalue weighted by molar-refractivity contribution is 5.81. The molecule has 2 unspecified atom stereocenters. The minimum absolute atomic E-state index is 0.161. The van der Waals surface area contributed by atoms with Gasteiger partial charge in [-0.1, -0.05) is 6.92 Å². The second-order valence-corrected chi connectivity index (χ2v) is 4.50. The van der Waals surface area contributed by atoms with E-state index in [0.29, 0.717) is 5.78 Å². The van der Waals surface area contributed by atoms with Crippen LogP contribution >= 0.6 is 0 Å². The van der Waals surface area contributed by atoms with Gasteiger partial charge in [0.05, 0.1) is 6.04 Å². The molecule has 0 aromatic heterocycles. The predicted molar refractivity (Wildman–Crippen MR) is 56.3 cm³/mol. The molecule has 0 aromatic carbocycles. The van der Waals surface area contributed by atoms with Gasteiger partial charge in [-0.2, -0.15) is 0 Å².